The molecule has 26 heavy (non-hydrogen) atoms. The van der Waals surface area contributed by atoms with Gasteiger partial charge in [0.15, 0.2) is 11.3 Å². The fourth-order valence-electron chi connectivity index (χ4n) is 3.50. The highest BCUT2D eigenvalue weighted by Crippen LogP contribution is 2.32. The Morgan fingerprint density at radius 1 is 1.19 bits per heavy atom. The van der Waals surface area contributed by atoms with Crippen LogP contribution < -0.4 is 14.9 Å². The van der Waals surface area contributed by atoms with Crippen LogP contribution >= 0.6 is 0 Å². The molecule has 0 amide bonds. The van der Waals surface area contributed by atoms with Crippen LogP contribution in [0.5, 0.6) is 11.6 Å². The summed E-state index contributed by atoms with van der Waals surface area (Å²) in [6, 6.07) is 3.47. The van der Waals surface area contributed by atoms with E-state index < -0.39 is 0 Å². The van der Waals surface area contributed by atoms with E-state index in [1.807, 2.05) is 19.9 Å². The highest BCUT2D eigenvalue weighted by Gasteiger charge is 2.19. The number of aromatic nitrogens is 1. The third-order valence-corrected chi connectivity index (χ3v) is 4.71. The molecule has 1 aromatic heterocycles. The van der Waals surface area contributed by atoms with Crippen molar-refractivity contribution in [1.82, 2.24) is 4.98 Å². The molecule has 0 aliphatic heterocycles. The number of nitrogens with one attached hydrogen (secondary N) is 1. The fourth-order valence-corrected chi connectivity index (χ4v) is 3.50. The number of methoxy groups -OCH3 is 2. The van der Waals surface area contributed by atoms with Gasteiger partial charge in [0.25, 0.3) is 0 Å². The number of pyridine rings is 1. The molecule has 0 atom stereocenters. The third-order valence-electron chi connectivity index (χ3n) is 4.71. The zero-order valence-electron chi connectivity index (χ0n) is 16.8. The van der Waals surface area contributed by atoms with Gasteiger partial charge in [0, 0.05) is 24.1 Å². The zero-order chi connectivity index (χ0) is 19.3. The molecule has 1 N–H and O–H groups in total. The molecule has 0 radical (unpaired) electrons. The standard InChI is InChI=1S/C21H31NO4/c1-7-26-18-12-17(23)16-11-15(9-8-10-21(3,4)13-24-5)20(25-6)14(2)19(16)22-18/h11-12H,7-10,13H2,1-6H3,(H,22,23). The lowest BCUT2D eigenvalue weighted by atomic mass is 9.87. The maximum atomic E-state index is 12.5. The van der Waals surface area contributed by atoms with Crippen molar-refractivity contribution in [2.45, 2.75) is 47.0 Å². The van der Waals surface area contributed by atoms with Crippen molar-refractivity contribution < 1.29 is 14.2 Å². The molecule has 0 saturated carbocycles. The molecule has 1 heterocycles. The van der Waals surface area contributed by atoms with Crippen LogP contribution in [0.1, 0.15) is 44.7 Å². The van der Waals surface area contributed by atoms with E-state index in [9.17, 15) is 4.79 Å². The largest absolute Gasteiger partial charge is 0.496 e. The minimum absolute atomic E-state index is 0.0334. The number of hydrogen-bond acceptors (Lipinski definition) is 4. The first-order chi connectivity index (χ1) is 12.3. The van der Waals surface area contributed by atoms with Crippen LogP contribution in [0.3, 0.4) is 0 Å². The first kappa shape index (κ1) is 20.3. The summed E-state index contributed by atoms with van der Waals surface area (Å²) >= 11 is 0. The van der Waals surface area contributed by atoms with Crippen molar-refractivity contribution in [1.29, 1.82) is 0 Å². The highest BCUT2D eigenvalue weighted by atomic mass is 16.5. The average molecular weight is 361 g/mol. The monoisotopic (exact) mass is 361 g/mol. The van der Waals surface area contributed by atoms with Crippen LogP contribution in [0.4, 0.5) is 0 Å². The summed E-state index contributed by atoms with van der Waals surface area (Å²) in [6.45, 7) is 9.53. The topological polar surface area (TPSA) is 60.6 Å². The van der Waals surface area contributed by atoms with Crippen molar-refractivity contribution in [3.05, 3.63) is 33.5 Å². The van der Waals surface area contributed by atoms with Gasteiger partial charge in [-0.1, -0.05) is 13.8 Å². The van der Waals surface area contributed by atoms with E-state index in [2.05, 4.69) is 18.8 Å². The van der Waals surface area contributed by atoms with Gasteiger partial charge in [-0.3, -0.25) is 4.79 Å². The van der Waals surface area contributed by atoms with Crippen LogP contribution in [0.2, 0.25) is 0 Å². The number of aromatic amines is 1. The first-order valence-corrected chi connectivity index (χ1v) is 9.18. The zero-order valence-corrected chi connectivity index (χ0v) is 16.8. The average Bonchev–Trinajstić information content (AvgIpc) is 2.56. The summed E-state index contributed by atoms with van der Waals surface area (Å²) < 4.78 is 16.4. The minimum Gasteiger partial charge on any atom is -0.496 e. The molecule has 1 aromatic carbocycles. The Kier molecular flexibility index (Phi) is 6.70. The molecule has 5 nitrogen and oxygen atoms in total. The summed E-state index contributed by atoms with van der Waals surface area (Å²) in [5.74, 6) is 1.33. The molecular weight excluding hydrogens is 330 g/mol. The van der Waals surface area contributed by atoms with E-state index in [1.165, 1.54) is 6.07 Å². The minimum atomic E-state index is -0.0334. The lowest BCUT2D eigenvalue weighted by Crippen LogP contribution is -2.18. The van der Waals surface area contributed by atoms with Crippen molar-refractivity contribution in [2.75, 3.05) is 27.4 Å². The van der Waals surface area contributed by atoms with Gasteiger partial charge in [0.1, 0.15) is 5.75 Å². The summed E-state index contributed by atoms with van der Waals surface area (Å²) in [7, 11) is 3.41. The molecule has 0 spiro atoms. The van der Waals surface area contributed by atoms with Gasteiger partial charge < -0.3 is 19.2 Å². The third kappa shape index (κ3) is 4.58. The summed E-state index contributed by atoms with van der Waals surface area (Å²) in [4.78, 5) is 15.8. The van der Waals surface area contributed by atoms with E-state index in [-0.39, 0.29) is 10.8 Å². The molecule has 0 bridgehead atoms. The number of aryl methyl sites for hydroxylation is 2. The molecule has 0 aliphatic rings. The van der Waals surface area contributed by atoms with Gasteiger partial charge in [-0.15, -0.1) is 0 Å². The highest BCUT2D eigenvalue weighted by molar-refractivity contribution is 5.85. The van der Waals surface area contributed by atoms with Gasteiger partial charge in [-0.25, -0.2) is 0 Å². The first-order valence-electron chi connectivity index (χ1n) is 9.18. The number of fused-ring (bicyclic) bond motifs is 1. The van der Waals surface area contributed by atoms with Crippen molar-refractivity contribution in [2.24, 2.45) is 5.41 Å². The number of benzene rings is 1. The molecule has 2 rings (SSSR count). The number of hydrogen-bond donors (Lipinski definition) is 1. The number of ether oxygens (including phenoxy) is 3. The van der Waals surface area contributed by atoms with E-state index >= 15 is 0 Å². The normalized spacial score (nSPS) is 11.8. The van der Waals surface area contributed by atoms with Crippen molar-refractivity contribution >= 4 is 10.9 Å². The Balaban J connectivity index is 2.37. The molecule has 0 fully saturated rings. The number of rotatable bonds is 9. The van der Waals surface area contributed by atoms with Crippen LogP contribution in [-0.4, -0.2) is 32.4 Å². The predicted octanol–water partition coefficient (Wildman–Crippen LogP) is 4.24. The second-order valence-corrected chi connectivity index (χ2v) is 7.50. The van der Waals surface area contributed by atoms with Gasteiger partial charge in [0.2, 0.25) is 0 Å². The van der Waals surface area contributed by atoms with E-state index in [0.29, 0.717) is 17.9 Å². The smallest absolute Gasteiger partial charge is 0.195 e. The second kappa shape index (κ2) is 8.58. The molecule has 144 valence electrons. The molecule has 0 saturated heterocycles. The Morgan fingerprint density at radius 3 is 2.54 bits per heavy atom. The Bertz CT molecular complexity index is 808. The molecule has 2 aromatic rings. The quantitative estimate of drug-likeness (QED) is 0.726. The second-order valence-electron chi connectivity index (χ2n) is 7.50. The summed E-state index contributed by atoms with van der Waals surface area (Å²) in [5.41, 5.74) is 2.89. The van der Waals surface area contributed by atoms with Crippen LogP contribution in [0, 0.1) is 12.3 Å². The van der Waals surface area contributed by atoms with E-state index in [4.69, 9.17) is 14.2 Å². The summed E-state index contributed by atoms with van der Waals surface area (Å²) in [6.07, 6.45) is 2.91. The fraction of sp³-hybridized carbons (Fsp3) is 0.571. The maximum Gasteiger partial charge on any atom is 0.195 e. The SMILES string of the molecule is CCOc1cc(=O)c2cc(CCCC(C)(C)COC)c(OC)c(C)c2[nH]1. The maximum absolute atomic E-state index is 12.5. The number of H-pyrrole nitrogens is 1. The van der Waals surface area contributed by atoms with Crippen LogP contribution in [-0.2, 0) is 11.2 Å². The summed E-state index contributed by atoms with van der Waals surface area (Å²) in [5, 5.41) is 0.679. The lowest BCUT2D eigenvalue weighted by molar-refractivity contribution is 0.0968. The van der Waals surface area contributed by atoms with Gasteiger partial charge in [-0.2, -0.15) is 0 Å². The lowest BCUT2D eigenvalue weighted by Gasteiger charge is -2.23. The van der Waals surface area contributed by atoms with Crippen LogP contribution in [0.15, 0.2) is 16.9 Å². The van der Waals surface area contributed by atoms with Crippen molar-refractivity contribution in [3.8, 4) is 11.6 Å². The van der Waals surface area contributed by atoms with E-state index in [1.54, 1.807) is 14.2 Å². The van der Waals surface area contributed by atoms with Gasteiger partial charge in [-0.05, 0) is 50.2 Å². The molecular formula is C21H31NO4. The van der Waals surface area contributed by atoms with Gasteiger partial charge in [0.05, 0.1) is 25.8 Å². The molecule has 0 aliphatic carbocycles. The van der Waals surface area contributed by atoms with E-state index in [0.717, 1.165) is 48.3 Å². The van der Waals surface area contributed by atoms with Crippen molar-refractivity contribution in [3.63, 3.8) is 0 Å². The van der Waals surface area contributed by atoms with Gasteiger partial charge >= 0.3 is 0 Å². The molecule has 5 heteroatoms. The van der Waals surface area contributed by atoms with Crippen LogP contribution in [0.25, 0.3) is 10.9 Å². The Morgan fingerprint density at radius 2 is 1.92 bits per heavy atom. The predicted molar refractivity (Wildman–Crippen MR) is 106 cm³/mol. The molecule has 0 unspecified atom stereocenters. The Labute approximate surface area is 155 Å². The Hall–Kier alpha value is -2.01.